The number of nitrogen functional groups attached to an aromatic ring is 1. The lowest BCUT2D eigenvalue weighted by molar-refractivity contribution is 0.0525. The molecule has 2 heterocycles. The van der Waals surface area contributed by atoms with Crippen LogP contribution in [0.2, 0.25) is 5.15 Å². The van der Waals surface area contributed by atoms with Gasteiger partial charge in [0, 0.05) is 6.54 Å². The van der Waals surface area contributed by atoms with Gasteiger partial charge in [-0.2, -0.15) is 0 Å². The normalized spacial score (nSPS) is 10.8. The van der Waals surface area contributed by atoms with Gasteiger partial charge in [-0.1, -0.05) is 11.6 Å². The van der Waals surface area contributed by atoms with Crippen molar-refractivity contribution in [3.8, 4) is 0 Å². The van der Waals surface area contributed by atoms with Gasteiger partial charge < -0.3 is 15.0 Å². The van der Waals surface area contributed by atoms with Crippen LogP contribution >= 0.6 is 11.6 Å². The predicted octanol–water partition coefficient (Wildman–Crippen LogP) is 1.83. The molecule has 2 rings (SSSR count). The number of fused-ring (bicyclic) bond motifs is 1. The van der Waals surface area contributed by atoms with Gasteiger partial charge in [0.2, 0.25) is 5.43 Å². The van der Waals surface area contributed by atoms with Crippen LogP contribution in [0.25, 0.3) is 11.0 Å². The highest BCUT2D eigenvalue weighted by molar-refractivity contribution is 6.29. The molecule has 0 saturated heterocycles. The topological polar surface area (TPSA) is 87.2 Å². The molecule has 0 aliphatic heterocycles. The summed E-state index contributed by atoms with van der Waals surface area (Å²) >= 11 is 5.85. The summed E-state index contributed by atoms with van der Waals surface area (Å²) in [6.07, 6.45) is 0. The minimum Gasteiger partial charge on any atom is -0.462 e. The Kier molecular flexibility index (Phi) is 3.94. The van der Waals surface area contributed by atoms with Crippen LogP contribution in [-0.2, 0) is 11.3 Å². The number of halogens is 1. The molecule has 0 atom stereocenters. The number of carbonyl (C=O) groups is 1. The zero-order valence-electron chi connectivity index (χ0n) is 11.1. The third-order valence-corrected chi connectivity index (χ3v) is 3.12. The van der Waals surface area contributed by atoms with Gasteiger partial charge in [-0.15, -0.1) is 0 Å². The van der Waals surface area contributed by atoms with Crippen LogP contribution in [0.5, 0.6) is 0 Å². The first-order valence-electron chi connectivity index (χ1n) is 6.16. The molecule has 7 heteroatoms. The van der Waals surface area contributed by atoms with Crippen molar-refractivity contribution in [2.75, 3.05) is 12.3 Å². The maximum absolute atomic E-state index is 12.4. The maximum Gasteiger partial charge on any atom is 0.345 e. The second-order valence-corrected chi connectivity index (χ2v) is 4.45. The summed E-state index contributed by atoms with van der Waals surface area (Å²) in [7, 11) is 0. The Labute approximate surface area is 120 Å². The molecule has 20 heavy (non-hydrogen) atoms. The SMILES string of the molecule is CCOC(=O)c1c(N)n(CC)c2nc(Cl)ccc2c1=O. The van der Waals surface area contributed by atoms with Gasteiger partial charge >= 0.3 is 5.97 Å². The Morgan fingerprint density at radius 1 is 1.45 bits per heavy atom. The summed E-state index contributed by atoms with van der Waals surface area (Å²) in [5.41, 5.74) is 5.62. The smallest absolute Gasteiger partial charge is 0.345 e. The number of nitrogens with zero attached hydrogens (tertiary/aromatic N) is 2. The van der Waals surface area contributed by atoms with Crippen molar-refractivity contribution in [3.63, 3.8) is 0 Å². The molecule has 2 N–H and O–H groups in total. The average molecular weight is 296 g/mol. The largest absolute Gasteiger partial charge is 0.462 e. The quantitative estimate of drug-likeness (QED) is 0.689. The molecule has 0 spiro atoms. The van der Waals surface area contributed by atoms with Crippen molar-refractivity contribution < 1.29 is 9.53 Å². The Balaban J connectivity index is 2.88. The van der Waals surface area contributed by atoms with Crippen molar-refractivity contribution in [1.29, 1.82) is 0 Å². The van der Waals surface area contributed by atoms with Gasteiger partial charge in [-0.3, -0.25) is 4.79 Å². The molecular weight excluding hydrogens is 282 g/mol. The Morgan fingerprint density at radius 3 is 2.75 bits per heavy atom. The molecule has 0 aromatic carbocycles. The van der Waals surface area contributed by atoms with Crippen LogP contribution in [0.15, 0.2) is 16.9 Å². The van der Waals surface area contributed by atoms with Gasteiger partial charge in [-0.25, -0.2) is 9.78 Å². The van der Waals surface area contributed by atoms with Gasteiger partial charge in [0.05, 0.1) is 12.0 Å². The number of esters is 1. The summed E-state index contributed by atoms with van der Waals surface area (Å²) in [6.45, 7) is 4.11. The number of nitrogens with two attached hydrogens (primary N) is 1. The van der Waals surface area contributed by atoms with E-state index in [9.17, 15) is 9.59 Å². The zero-order chi connectivity index (χ0) is 14.9. The van der Waals surface area contributed by atoms with Crippen LogP contribution in [0.1, 0.15) is 24.2 Å². The van der Waals surface area contributed by atoms with Gasteiger partial charge in [0.15, 0.2) is 0 Å². The van der Waals surface area contributed by atoms with Crippen molar-refractivity contribution in [1.82, 2.24) is 9.55 Å². The van der Waals surface area contributed by atoms with Gasteiger partial charge in [-0.05, 0) is 26.0 Å². The Hall–Kier alpha value is -2.08. The molecule has 0 aliphatic rings. The molecule has 0 amide bonds. The molecule has 106 valence electrons. The standard InChI is InChI=1S/C13H14ClN3O3/c1-3-17-11(15)9(13(19)20-4-2)10(18)7-5-6-8(14)16-12(7)17/h5-6H,3-4,15H2,1-2H3. The number of ether oxygens (including phenoxy) is 1. The predicted molar refractivity (Wildman–Crippen MR) is 77.1 cm³/mol. The summed E-state index contributed by atoms with van der Waals surface area (Å²) in [5.74, 6) is -0.688. The van der Waals surface area contributed by atoms with Gasteiger partial charge in [0.25, 0.3) is 0 Å². The van der Waals surface area contributed by atoms with Crippen LogP contribution < -0.4 is 11.2 Å². The van der Waals surface area contributed by atoms with Crippen molar-refractivity contribution in [2.24, 2.45) is 0 Å². The van der Waals surface area contributed by atoms with E-state index in [0.29, 0.717) is 12.2 Å². The lowest BCUT2D eigenvalue weighted by Gasteiger charge is -2.14. The fourth-order valence-electron chi connectivity index (χ4n) is 2.03. The van der Waals surface area contributed by atoms with E-state index < -0.39 is 11.4 Å². The highest BCUT2D eigenvalue weighted by Crippen LogP contribution is 2.19. The number of anilines is 1. The minimum absolute atomic E-state index is 0.0400. The number of pyridine rings is 2. The third-order valence-electron chi connectivity index (χ3n) is 2.91. The highest BCUT2D eigenvalue weighted by atomic mass is 35.5. The first-order valence-corrected chi connectivity index (χ1v) is 6.54. The molecular formula is C13H14ClN3O3. The van der Waals surface area contributed by atoms with E-state index in [4.69, 9.17) is 22.1 Å². The lowest BCUT2D eigenvalue weighted by Crippen LogP contribution is -2.25. The number of aryl methyl sites for hydroxylation is 1. The second-order valence-electron chi connectivity index (χ2n) is 4.06. The van der Waals surface area contributed by atoms with Crippen molar-refractivity contribution in [3.05, 3.63) is 33.1 Å². The van der Waals surface area contributed by atoms with Crippen LogP contribution in [0, 0.1) is 0 Å². The van der Waals surface area contributed by atoms with Crippen molar-refractivity contribution >= 4 is 34.4 Å². The first kappa shape index (κ1) is 14.3. The van der Waals surface area contributed by atoms with E-state index in [-0.39, 0.29) is 28.5 Å². The highest BCUT2D eigenvalue weighted by Gasteiger charge is 2.22. The number of aromatic nitrogens is 2. The van der Waals surface area contributed by atoms with Crippen LogP contribution in [-0.4, -0.2) is 22.1 Å². The number of hydrogen-bond donors (Lipinski definition) is 1. The van der Waals surface area contributed by atoms with E-state index in [1.165, 1.54) is 12.1 Å². The summed E-state index contributed by atoms with van der Waals surface area (Å²) in [5, 5.41) is 0.538. The van der Waals surface area contributed by atoms with E-state index in [2.05, 4.69) is 4.98 Å². The third kappa shape index (κ3) is 2.22. The number of rotatable bonds is 3. The fraction of sp³-hybridized carbons (Fsp3) is 0.308. The molecule has 0 fully saturated rings. The van der Waals surface area contributed by atoms with Crippen LogP contribution in [0.4, 0.5) is 5.82 Å². The molecule has 0 bridgehead atoms. The Morgan fingerprint density at radius 2 is 2.15 bits per heavy atom. The molecule has 2 aromatic heterocycles. The van der Waals surface area contributed by atoms with E-state index in [1.54, 1.807) is 11.5 Å². The van der Waals surface area contributed by atoms with Gasteiger partial charge in [0.1, 0.15) is 22.2 Å². The zero-order valence-corrected chi connectivity index (χ0v) is 11.9. The Bertz CT molecular complexity index is 740. The van der Waals surface area contributed by atoms with Crippen LogP contribution in [0.3, 0.4) is 0 Å². The minimum atomic E-state index is -0.728. The molecule has 6 nitrogen and oxygen atoms in total. The van der Waals surface area contributed by atoms with E-state index in [1.807, 2.05) is 6.92 Å². The second kappa shape index (κ2) is 5.50. The molecule has 0 saturated carbocycles. The molecule has 0 radical (unpaired) electrons. The summed E-state index contributed by atoms with van der Waals surface area (Å²) < 4.78 is 6.45. The van der Waals surface area contributed by atoms with Crippen molar-refractivity contribution in [2.45, 2.75) is 20.4 Å². The molecule has 2 aromatic rings. The van der Waals surface area contributed by atoms with E-state index in [0.717, 1.165) is 0 Å². The fourth-order valence-corrected chi connectivity index (χ4v) is 2.17. The first-order chi connectivity index (χ1) is 9.51. The lowest BCUT2D eigenvalue weighted by atomic mass is 10.1. The van der Waals surface area contributed by atoms with E-state index >= 15 is 0 Å². The summed E-state index contributed by atoms with van der Waals surface area (Å²) in [4.78, 5) is 28.4. The number of hydrogen-bond acceptors (Lipinski definition) is 5. The average Bonchev–Trinajstić information content (AvgIpc) is 2.39. The number of carbonyl (C=O) groups excluding carboxylic acids is 1. The summed E-state index contributed by atoms with van der Waals surface area (Å²) in [6, 6.07) is 3.03. The monoisotopic (exact) mass is 295 g/mol. The maximum atomic E-state index is 12.4. The molecule has 0 aliphatic carbocycles. The molecule has 0 unspecified atom stereocenters.